The number of hydrogen-bond acceptors (Lipinski definition) is 2. The van der Waals surface area contributed by atoms with Crippen LogP contribution < -0.4 is 0 Å². The summed E-state index contributed by atoms with van der Waals surface area (Å²) in [5, 5.41) is 17.3. The Hall–Kier alpha value is -1.84. The van der Waals surface area contributed by atoms with E-state index in [1.54, 1.807) is 12.1 Å². The summed E-state index contributed by atoms with van der Waals surface area (Å²) in [4.78, 5) is 21.2. The predicted octanol–water partition coefficient (Wildman–Crippen LogP) is 1.59. The van der Waals surface area contributed by atoms with Gasteiger partial charge in [0.15, 0.2) is 5.92 Å². The molecule has 85 valence electrons. The van der Waals surface area contributed by atoms with E-state index in [1.807, 2.05) is 12.1 Å². The molecule has 0 aliphatic rings. The second kappa shape index (κ2) is 5.90. The summed E-state index contributed by atoms with van der Waals surface area (Å²) < 4.78 is 0. The SMILES string of the molecule is O=C(O)C(CCCc1cc[c]cc1)C(=O)O. The fourth-order valence-electron chi connectivity index (χ4n) is 1.45. The van der Waals surface area contributed by atoms with Gasteiger partial charge >= 0.3 is 11.9 Å². The van der Waals surface area contributed by atoms with Crippen LogP contribution in [0.5, 0.6) is 0 Å². The highest BCUT2D eigenvalue weighted by Crippen LogP contribution is 2.11. The molecule has 1 radical (unpaired) electrons. The van der Waals surface area contributed by atoms with Gasteiger partial charge in [-0.2, -0.15) is 0 Å². The average Bonchev–Trinajstić information content (AvgIpc) is 2.24. The van der Waals surface area contributed by atoms with Crippen LogP contribution in [0.15, 0.2) is 24.3 Å². The molecule has 0 spiro atoms. The molecule has 2 N–H and O–H groups in total. The molecule has 0 atom stereocenters. The monoisotopic (exact) mass is 221 g/mol. The molecule has 0 aromatic heterocycles. The normalized spacial score (nSPS) is 10.3. The van der Waals surface area contributed by atoms with Gasteiger partial charge in [0.25, 0.3) is 0 Å². The van der Waals surface area contributed by atoms with Gasteiger partial charge in [-0.25, -0.2) is 0 Å². The maximum Gasteiger partial charge on any atom is 0.317 e. The highest BCUT2D eigenvalue weighted by atomic mass is 16.4. The van der Waals surface area contributed by atoms with E-state index >= 15 is 0 Å². The Morgan fingerprint density at radius 2 is 1.75 bits per heavy atom. The fourth-order valence-corrected chi connectivity index (χ4v) is 1.45. The molecule has 0 bridgehead atoms. The minimum atomic E-state index is -1.30. The Morgan fingerprint density at radius 3 is 2.25 bits per heavy atom. The van der Waals surface area contributed by atoms with E-state index in [2.05, 4.69) is 6.07 Å². The molecule has 0 heterocycles. The number of carboxylic acid groups (broad SMARTS) is 2. The maximum absolute atomic E-state index is 10.6. The van der Waals surface area contributed by atoms with E-state index in [9.17, 15) is 9.59 Å². The summed E-state index contributed by atoms with van der Waals surface area (Å²) >= 11 is 0. The zero-order valence-electron chi connectivity index (χ0n) is 8.72. The highest BCUT2D eigenvalue weighted by Gasteiger charge is 2.24. The lowest BCUT2D eigenvalue weighted by Gasteiger charge is -2.06. The van der Waals surface area contributed by atoms with Gasteiger partial charge < -0.3 is 10.2 Å². The summed E-state index contributed by atoms with van der Waals surface area (Å²) in [5.74, 6) is -3.84. The molecule has 0 unspecified atom stereocenters. The standard InChI is InChI=1S/C12H13O4/c13-11(14)10(12(15)16)8-4-7-9-5-2-1-3-6-9/h2-3,5-6,10H,4,7-8H2,(H,13,14)(H,15,16). The second-order valence-corrected chi connectivity index (χ2v) is 3.53. The minimum absolute atomic E-state index is 0.156. The van der Waals surface area contributed by atoms with Crippen LogP contribution in [0.2, 0.25) is 0 Å². The molecule has 0 saturated heterocycles. The lowest BCUT2D eigenvalue weighted by Crippen LogP contribution is -2.23. The first-order chi connectivity index (χ1) is 7.61. The van der Waals surface area contributed by atoms with Crippen molar-refractivity contribution in [2.75, 3.05) is 0 Å². The predicted molar refractivity (Wildman–Crippen MR) is 57.0 cm³/mol. The topological polar surface area (TPSA) is 74.6 Å². The summed E-state index contributed by atoms with van der Waals surface area (Å²) in [7, 11) is 0. The molecular weight excluding hydrogens is 208 g/mol. The molecule has 16 heavy (non-hydrogen) atoms. The molecular formula is C12H13O4. The van der Waals surface area contributed by atoms with Gasteiger partial charge in [-0.3, -0.25) is 9.59 Å². The molecule has 4 nitrogen and oxygen atoms in total. The Morgan fingerprint density at radius 1 is 1.19 bits per heavy atom. The number of aryl methyl sites for hydroxylation is 1. The van der Waals surface area contributed by atoms with Gasteiger partial charge in [-0.15, -0.1) is 0 Å². The van der Waals surface area contributed by atoms with E-state index in [0.717, 1.165) is 5.56 Å². The van der Waals surface area contributed by atoms with Crippen molar-refractivity contribution in [3.05, 3.63) is 35.9 Å². The zero-order valence-corrected chi connectivity index (χ0v) is 8.72. The van der Waals surface area contributed by atoms with Crippen molar-refractivity contribution in [2.24, 2.45) is 5.92 Å². The van der Waals surface area contributed by atoms with E-state index < -0.39 is 17.9 Å². The first-order valence-electron chi connectivity index (χ1n) is 5.02. The van der Waals surface area contributed by atoms with Gasteiger partial charge in [0.2, 0.25) is 0 Å². The molecule has 1 aromatic rings. The Kier molecular flexibility index (Phi) is 4.51. The van der Waals surface area contributed by atoms with Crippen molar-refractivity contribution in [2.45, 2.75) is 19.3 Å². The molecule has 0 aliphatic heterocycles. The van der Waals surface area contributed by atoms with Crippen molar-refractivity contribution < 1.29 is 19.8 Å². The van der Waals surface area contributed by atoms with Crippen LogP contribution in [-0.4, -0.2) is 22.2 Å². The Bertz CT molecular complexity index is 345. The quantitative estimate of drug-likeness (QED) is 0.715. The first kappa shape index (κ1) is 12.2. The number of benzene rings is 1. The van der Waals surface area contributed by atoms with E-state index in [4.69, 9.17) is 10.2 Å². The highest BCUT2D eigenvalue weighted by molar-refractivity contribution is 5.92. The van der Waals surface area contributed by atoms with Crippen LogP contribution in [-0.2, 0) is 16.0 Å². The lowest BCUT2D eigenvalue weighted by molar-refractivity contribution is -0.154. The second-order valence-electron chi connectivity index (χ2n) is 3.53. The number of carboxylic acids is 2. The third-order valence-electron chi connectivity index (χ3n) is 2.34. The molecule has 0 saturated carbocycles. The number of carbonyl (C=O) groups is 2. The third-order valence-corrected chi connectivity index (χ3v) is 2.34. The van der Waals surface area contributed by atoms with Crippen molar-refractivity contribution in [1.82, 2.24) is 0 Å². The third kappa shape index (κ3) is 3.73. The molecule has 0 fully saturated rings. The fraction of sp³-hybridized carbons (Fsp3) is 0.333. The molecule has 0 amide bonds. The van der Waals surface area contributed by atoms with Crippen LogP contribution >= 0.6 is 0 Å². The number of hydrogen-bond donors (Lipinski definition) is 2. The van der Waals surface area contributed by atoms with Gasteiger partial charge in [-0.1, -0.05) is 24.3 Å². The summed E-state index contributed by atoms with van der Waals surface area (Å²) in [6.45, 7) is 0. The molecule has 1 aromatic carbocycles. The summed E-state index contributed by atoms with van der Waals surface area (Å²) in [6, 6.07) is 10.2. The van der Waals surface area contributed by atoms with Gasteiger partial charge in [0.05, 0.1) is 0 Å². The lowest BCUT2D eigenvalue weighted by atomic mass is 10.00. The van der Waals surface area contributed by atoms with Gasteiger partial charge in [0, 0.05) is 0 Å². The van der Waals surface area contributed by atoms with Crippen molar-refractivity contribution in [3.8, 4) is 0 Å². The van der Waals surface area contributed by atoms with E-state index in [-0.39, 0.29) is 6.42 Å². The average molecular weight is 221 g/mol. The number of aliphatic carboxylic acids is 2. The van der Waals surface area contributed by atoms with Crippen molar-refractivity contribution in [1.29, 1.82) is 0 Å². The van der Waals surface area contributed by atoms with Crippen molar-refractivity contribution in [3.63, 3.8) is 0 Å². The van der Waals surface area contributed by atoms with Crippen LogP contribution in [0, 0.1) is 12.0 Å². The largest absolute Gasteiger partial charge is 0.481 e. The van der Waals surface area contributed by atoms with E-state index in [1.165, 1.54) is 0 Å². The van der Waals surface area contributed by atoms with Crippen LogP contribution in [0.4, 0.5) is 0 Å². The number of rotatable bonds is 6. The van der Waals surface area contributed by atoms with Gasteiger partial charge in [0.1, 0.15) is 0 Å². The molecule has 4 heteroatoms. The van der Waals surface area contributed by atoms with Crippen LogP contribution in [0.1, 0.15) is 18.4 Å². The first-order valence-corrected chi connectivity index (χ1v) is 5.02. The van der Waals surface area contributed by atoms with E-state index in [0.29, 0.717) is 12.8 Å². The summed E-state index contributed by atoms with van der Waals surface area (Å²) in [6.07, 6.45) is 1.39. The van der Waals surface area contributed by atoms with Gasteiger partial charge in [-0.05, 0) is 30.9 Å². The van der Waals surface area contributed by atoms with Crippen LogP contribution in [0.3, 0.4) is 0 Å². The minimum Gasteiger partial charge on any atom is -0.481 e. The molecule has 1 rings (SSSR count). The zero-order chi connectivity index (χ0) is 12.0. The Balaban J connectivity index is 2.40. The van der Waals surface area contributed by atoms with Crippen molar-refractivity contribution >= 4 is 11.9 Å². The smallest absolute Gasteiger partial charge is 0.317 e. The Labute approximate surface area is 93.5 Å². The maximum atomic E-state index is 10.6. The summed E-state index contributed by atoms with van der Waals surface area (Å²) in [5.41, 5.74) is 1.06. The van der Waals surface area contributed by atoms with Crippen LogP contribution in [0.25, 0.3) is 0 Å². The molecule has 0 aliphatic carbocycles.